The number of fused-ring (bicyclic) bond motifs is 1. The molecule has 4 heterocycles. The van der Waals surface area contributed by atoms with Crippen LogP contribution in [-0.4, -0.2) is 63.9 Å². The van der Waals surface area contributed by atoms with Crippen LogP contribution in [0.15, 0.2) is 64.7 Å². The van der Waals surface area contributed by atoms with E-state index in [0.717, 1.165) is 45.2 Å². The van der Waals surface area contributed by atoms with Gasteiger partial charge in [-0.3, -0.25) is 9.78 Å². The number of thiol groups is 1. The van der Waals surface area contributed by atoms with Crippen LogP contribution in [-0.2, 0) is 11.2 Å². The lowest BCUT2D eigenvalue weighted by Gasteiger charge is -2.35. The van der Waals surface area contributed by atoms with Crippen molar-refractivity contribution in [2.45, 2.75) is 18.4 Å². The van der Waals surface area contributed by atoms with Crippen molar-refractivity contribution in [3.8, 4) is 11.3 Å². The van der Waals surface area contributed by atoms with E-state index in [1.807, 2.05) is 37.3 Å². The Kier molecular flexibility index (Phi) is 6.75. The van der Waals surface area contributed by atoms with Gasteiger partial charge in [-0.1, -0.05) is 12.1 Å². The summed E-state index contributed by atoms with van der Waals surface area (Å²) in [5.74, 6) is 0.222. The van der Waals surface area contributed by atoms with E-state index in [0.29, 0.717) is 42.5 Å². The number of hydrogen-bond donors (Lipinski definition) is 4. The van der Waals surface area contributed by atoms with E-state index >= 15 is 0 Å². The summed E-state index contributed by atoms with van der Waals surface area (Å²) in [6, 6.07) is 16.0. The van der Waals surface area contributed by atoms with Crippen LogP contribution in [0.5, 0.6) is 0 Å². The Bertz CT molecular complexity index is 1390. The maximum Gasteiger partial charge on any atom is 0.407 e. The van der Waals surface area contributed by atoms with Crippen LogP contribution in [0.4, 0.5) is 10.5 Å². The fourth-order valence-electron chi connectivity index (χ4n) is 4.94. The van der Waals surface area contributed by atoms with Crippen LogP contribution in [0, 0.1) is 6.92 Å². The van der Waals surface area contributed by atoms with Gasteiger partial charge in [0, 0.05) is 54.9 Å². The van der Waals surface area contributed by atoms with E-state index in [9.17, 15) is 14.7 Å². The summed E-state index contributed by atoms with van der Waals surface area (Å²) >= 11 is 0. The molecular weight excluding hydrogens is 488 g/mol. The molecule has 1 fully saturated rings. The second-order valence-corrected chi connectivity index (χ2v) is 11.3. The normalized spacial score (nSPS) is 18.1. The van der Waals surface area contributed by atoms with Crippen molar-refractivity contribution in [3.05, 3.63) is 76.5 Å². The number of carboxylic acid groups (broad SMARTS) is 1. The first kappa shape index (κ1) is 24.6. The molecule has 5 N–H and O–H groups in total. The van der Waals surface area contributed by atoms with E-state index in [-0.39, 0.29) is 0 Å². The number of anilines is 1. The van der Waals surface area contributed by atoms with Crippen LogP contribution in [0.2, 0.25) is 0 Å². The molecule has 0 saturated carbocycles. The molecule has 10 heteroatoms. The molecule has 2 amide bonds. The molecule has 0 aliphatic carbocycles. The van der Waals surface area contributed by atoms with Gasteiger partial charge in [-0.2, -0.15) is 10.9 Å². The summed E-state index contributed by atoms with van der Waals surface area (Å²) in [7, 11) is -1.06. The number of nitrogens with two attached hydrogens (primary N) is 2. The van der Waals surface area contributed by atoms with Crippen molar-refractivity contribution >= 4 is 34.3 Å². The second-order valence-electron chi connectivity index (χ2n) is 9.18. The molecule has 0 spiro atoms. The largest absolute Gasteiger partial charge is 0.465 e. The number of amides is 2. The standard InChI is InChI=1S/C27H30N6O3S/c1-17-5-7-19-23(28)24(25(29)34)37(26(19)31-17)15-9-18-6-8-22(20(16-18)21-4-2-3-10-30-21)32-11-13-33(14-12-32)27(35)36/h2-8,10,16,37H,9,11-15,28H2,1H3,(H2,29,34)(H,35,36). The minimum atomic E-state index is -1.06. The number of aryl methyl sites for hydroxylation is 2. The topological polar surface area (TPSA) is 139 Å². The van der Waals surface area contributed by atoms with E-state index in [1.54, 1.807) is 6.20 Å². The summed E-state index contributed by atoms with van der Waals surface area (Å²) in [6.07, 6.45) is 1.61. The number of piperazine rings is 1. The third-order valence-corrected chi connectivity index (χ3v) is 9.36. The lowest BCUT2D eigenvalue weighted by atomic mass is 10.0. The fraction of sp³-hybridized carbons (Fsp3) is 0.259. The fourth-order valence-corrected chi connectivity index (χ4v) is 7.51. The van der Waals surface area contributed by atoms with Crippen LogP contribution in [0.25, 0.3) is 17.0 Å². The van der Waals surface area contributed by atoms with Crippen LogP contribution in [0.3, 0.4) is 0 Å². The highest BCUT2D eigenvalue weighted by molar-refractivity contribution is 8.21. The Morgan fingerprint density at radius 2 is 1.84 bits per heavy atom. The number of rotatable bonds is 6. The summed E-state index contributed by atoms with van der Waals surface area (Å²) in [5, 5.41) is 10.2. The van der Waals surface area contributed by atoms with Gasteiger partial charge in [0.1, 0.15) is 0 Å². The van der Waals surface area contributed by atoms with Crippen LogP contribution < -0.4 is 16.4 Å². The van der Waals surface area contributed by atoms with Crippen molar-refractivity contribution in [1.29, 1.82) is 0 Å². The third kappa shape index (κ3) is 4.84. The predicted molar refractivity (Wildman–Crippen MR) is 147 cm³/mol. The molecule has 2 aromatic heterocycles. The van der Waals surface area contributed by atoms with Gasteiger partial charge in [-0.05, 0) is 61.1 Å². The van der Waals surface area contributed by atoms with Gasteiger partial charge in [0.25, 0.3) is 5.91 Å². The van der Waals surface area contributed by atoms with E-state index in [1.165, 1.54) is 4.90 Å². The number of benzene rings is 1. The molecule has 2 aliphatic heterocycles. The molecule has 3 aromatic rings. The van der Waals surface area contributed by atoms with Crippen LogP contribution in [0.1, 0.15) is 16.8 Å². The summed E-state index contributed by atoms with van der Waals surface area (Å²) < 4.78 is 0. The maximum atomic E-state index is 12.3. The molecule has 1 atom stereocenters. The number of nitrogens with zero attached hydrogens (tertiary/aromatic N) is 4. The molecule has 37 heavy (non-hydrogen) atoms. The average Bonchev–Trinajstić information content (AvgIpc) is 3.18. The molecule has 1 saturated heterocycles. The second kappa shape index (κ2) is 10.1. The number of pyridine rings is 2. The smallest absolute Gasteiger partial charge is 0.407 e. The highest BCUT2D eigenvalue weighted by Crippen LogP contribution is 2.53. The quantitative estimate of drug-likeness (QED) is 0.368. The number of carbonyl (C=O) groups is 2. The van der Waals surface area contributed by atoms with E-state index < -0.39 is 22.9 Å². The molecule has 192 valence electrons. The minimum Gasteiger partial charge on any atom is -0.465 e. The van der Waals surface area contributed by atoms with Gasteiger partial charge < -0.3 is 26.4 Å². The number of carbonyl (C=O) groups excluding carboxylic acids is 1. The zero-order valence-electron chi connectivity index (χ0n) is 20.6. The highest BCUT2D eigenvalue weighted by atomic mass is 32.2. The van der Waals surface area contributed by atoms with Crippen molar-refractivity contribution in [3.63, 3.8) is 0 Å². The Balaban J connectivity index is 1.43. The Labute approximate surface area is 218 Å². The molecule has 1 unspecified atom stereocenters. The van der Waals surface area contributed by atoms with Gasteiger partial charge in [0.2, 0.25) is 0 Å². The first-order valence-corrected chi connectivity index (χ1v) is 13.7. The first-order chi connectivity index (χ1) is 17.8. The van der Waals surface area contributed by atoms with Gasteiger partial charge >= 0.3 is 6.09 Å². The van der Waals surface area contributed by atoms with E-state index in [4.69, 9.17) is 16.5 Å². The van der Waals surface area contributed by atoms with Crippen molar-refractivity contribution in [2.75, 3.05) is 36.8 Å². The summed E-state index contributed by atoms with van der Waals surface area (Å²) in [5.41, 5.74) is 18.2. The average molecular weight is 519 g/mol. The van der Waals surface area contributed by atoms with Crippen molar-refractivity contribution in [1.82, 2.24) is 14.9 Å². The molecule has 1 aromatic carbocycles. The maximum absolute atomic E-state index is 12.3. The first-order valence-electron chi connectivity index (χ1n) is 12.2. The van der Waals surface area contributed by atoms with Crippen molar-refractivity contribution in [2.24, 2.45) is 11.5 Å². The Morgan fingerprint density at radius 3 is 2.51 bits per heavy atom. The molecule has 0 bridgehead atoms. The third-order valence-electron chi connectivity index (χ3n) is 6.84. The molecule has 0 radical (unpaired) electrons. The zero-order valence-corrected chi connectivity index (χ0v) is 21.5. The van der Waals surface area contributed by atoms with Crippen LogP contribution >= 0.6 is 10.9 Å². The minimum absolute atomic E-state index is 0.450. The van der Waals surface area contributed by atoms with Gasteiger partial charge in [0.05, 0.1) is 21.3 Å². The lowest BCUT2D eigenvalue weighted by molar-refractivity contribution is -0.113. The molecular formula is C27H30N6O3S. The van der Waals surface area contributed by atoms with Gasteiger partial charge in [-0.15, -0.1) is 0 Å². The monoisotopic (exact) mass is 518 g/mol. The molecule has 2 aliphatic rings. The van der Waals surface area contributed by atoms with Gasteiger partial charge in [-0.25, -0.2) is 9.78 Å². The Morgan fingerprint density at radius 1 is 1.05 bits per heavy atom. The zero-order chi connectivity index (χ0) is 26.1. The highest BCUT2D eigenvalue weighted by Gasteiger charge is 2.32. The van der Waals surface area contributed by atoms with Crippen molar-refractivity contribution < 1.29 is 14.7 Å². The number of hydrogen-bond acceptors (Lipinski definition) is 6. The number of aromatic nitrogens is 2. The summed E-state index contributed by atoms with van der Waals surface area (Å²) in [4.78, 5) is 37.1. The summed E-state index contributed by atoms with van der Waals surface area (Å²) in [6.45, 7) is 4.08. The lowest BCUT2D eigenvalue weighted by Crippen LogP contribution is -2.48. The molecule has 9 nitrogen and oxygen atoms in total. The predicted octanol–water partition coefficient (Wildman–Crippen LogP) is 2.98. The van der Waals surface area contributed by atoms with E-state index in [2.05, 4.69) is 28.1 Å². The Hall–Kier alpha value is -4.05. The number of primary amides is 1. The van der Waals surface area contributed by atoms with Gasteiger partial charge in [0.15, 0.2) is 0 Å². The SMILES string of the molecule is Cc1ccc2c(n1)[SH](CCc1ccc(N3CCN(C(=O)O)CC3)c(-c3ccccn3)c1)C(C(N)=O)=C2N. The molecule has 5 rings (SSSR count).